The quantitative estimate of drug-likeness (QED) is 0.899. The third-order valence-electron chi connectivity index (χ3n) is 4.81. The van der Waals surface area contributed by atoms with E-state index in [4.69, 9.17) is 4.74 Å². The van der Waals surface area contributed by atoms with Gasteiger partial charge in [-0.2, -0.15) is 5.26 Å². The fourth-order valence-corrected chi connectivity index (χ4v) is 3.71. The number of hydrogen-bond acceptors (Lipinski definition) is 4. The second kappa shape index (κ2) is 5.83. The molecule has 0 aromatic heterocycles. The highest BCUT2D eigenvalue weighted by atomic mass is 16.5. The van der Waals surface area contributed by atoms with Gasteiger partial charge in [-0.15, -0.1) is 0 Å². The number of dihydropyridines is 1. The van der Waals surface area contributed by atoms with E-state index in [-0.39, 0.29) is 17.1 Å². The van der Waals surface area contributed by atoms with Crippen LogP contribution in [0.25, 0.3) is 0 Å². The van der Waals surface area contributed by atoms with Gasteiger partial charge in [-0.1, -0.05) is 26.0 Å². The average molecular weight is 322 g/mol. The summed E-state index contributed by atoms with van der Waals surface area (Å²) >= 11 is 0. The standard InChI is InChI=1S/C20H22N2O2/c1-12-15(11-21)18(13-5-7-14(24-4)8-6-13)19-16(22-12)9-20(2,3)10-17(19)23/h5-8,18,22H,9-10H2,1-4H3/t18-/m0/s1. The van der Waals surface area contributed by atoms with Crippen molar-refractivity contribution >= 4 is 5.78 Å². The Morgan fingerprint density at radius 3 is 2.50 bits per heavy atom. The minimum absolute atomic E-state index is 0.0577. The second-order valence-electron chi connectivity index (χ2n) is 7.31. The molecule has 0 unspecified atom stereocenters. The fraction of sp³-hybridized carbons (Fsp3) is 0.400. The summed E-state index contributed by atoms with van der Waals surface area (Å²) in [5.74, 6) is 0.604. The molecule has 0 saturated heterocycles. The first-order valence-corrected chi connectivity index (χ1v) is 8.14. The Morgan fingerprint density at radius 2 is 1.92 bits per heavy atom. The van der Waals surface area contributed by atoms with Crippen LogP contribution in [0.15, 0.2) is 46.8 Å². The average Bonchev–Trinajstić information content (AvgIpc) is 2.52. The van der Waals surface area contributed by atoms with Crippen LogP contribution in [0, 0.1) is 16.7 Å². The molecule has 1 heterocycles. The molecule has 2 aliphatic rings. The first kappa shape index (κ1) is 16.3. The summed E-state index contributed by atoms with van der Waals surface area (Å²) in [6.07, 6.45) is 1.33. The molecule has 1 N–H and O–H groups in total. The lowest BCUT2D eigenvalue weighted by Crippen LogP contribution is -2.36. The van der Waals surface area contributed by atoms with Gasteiger partial charge in [0.25, 0.3) is 0 Å². The van der Waals surface area contributed by atoms with Crippen molar-refractivity contribution in [2.45, 2.75) is 39.5 Å². The maximum Gasteiger partial charge on any atom is 0.162 e. The molecule has 0 bridgehead atoms. The number of hydrogen-bond donors (Lipinski definition) is 1. The smallest absolute Gasteiger partial charge is 0.162 e. The SMILES string of the molecule is COc1ccc([C@H]2C(C#N)=C(C)NC3=C2C(=O)CC(C)(C)C3)cc1. The third kappa shape index (κ3) is 2.71. The number of nitriles is 1. The van der Waals surface area contributed by atoms with Crippen molar-refractivity contribution in [2.75, 3.05) is 7.11 Å². The molecule has 1 aromatic carbocycles. The van der Waals surface area contributed by atoms with Crippen molar-refractivity contribution in [3.8, 4) is 11.8 Å². The van der Waals surface area contributed by atoms with Crippen molar-refractivity contribution < 1.29 is 9.53 Å². The number of benzene rings is 1. The largest absolute Gasteiger partial charge is 0.497 e. The zero-order valence-corrected chi connectivity index (χ0v) is 14.6. The summed E-state index contributed by atoms with van der Waals surface area (Å²) in [5, 5.41) is 13.0. The summed E-state index contributed by atoms with van der Waals surface area (Å²) in [7, 11) is 1.62. The van der Waals surface area contributed by atoms with Crippen molar-refractivity contribution in [2.24, 2.45) is 5.41 Å². The van der Waals surface area contributed by atoms with Gasteiger partial charge in [0.15, 0.2) is 5.78 Å². The van der Waals surface area contributed by atoms with Gasteiger partial charge in [-0.3, -0.25) is 4.79 Å². The number of ether oxygens (including phenoxy) is 1. The number of nitrogens with one attached hydrogen (secondary N) is 1. The van der Waals surface area contributed by atoms with Crippen molar-refractivity contribution in [3.63, 3.8) is 0 Å². The Balaban J connectivity index is 2.14. The highest BCUT2D eigenvalue weighted by Crippen LogP contribution is 2.46. The van der Waals surface area contributed by atoms with Gasteiger partial charge < -0.3 is 10.1 Å². The van der Waals surface area contributed by atoms with Crippen LogP contribution in [-0.2, 0) is 4.79 Å². The zero-order valence-electron chi connectivity index (χ0n) is 14.6. The Hall–Kier alpha value is -2.54. The molecule has 0 amide bonds. The number of rotatable bonds is 2. The van der Waals surface area contributed by atoms with E-state index in [0.29, 0.717) is 12.0 Å². The van der Waals surface area contributed by atoms with Crippen LogP contribution < -0.4 is 10.1 Å². The lowest BCUT2D eigenvalue weighted by atomic mass is 9.69. The summed E-state index contributed by atoms with van der Waals surface area (Å²) in [5.41, 5.74) is 4.07. The molecular weight excluding hydrogens is 300 g/mol. The van der Waals surface area contributed by atoms with Gasteiger partial charge in [0.2, 0.25) is 0 Å². The van der Waals surface area contributed by atoms with Crippen molar-refractivity contribution in [1.29, 1.82) is 5.26 Å². The van der Waals surface area contributed by atoms with Gasteiger partial charge in [-0.25, -0.2) is 0 Å². The van der Waals surface area contributed by atoms with Crippen LogP contribution in [-0.4, -0.2) is 12.9 Å². The minimum atomic E-state index is -0.291. The van der Waals surface area contributed by atoms with Gasteiger partial charge in [0, 0.05) is 23.4 Å². The molecular formula is C20H22N2O2. The van der Waals surface area contributed by atoms with Gasteiger partial charge in [-0.05, 0) is 36.5 Å². The summed E-state index contributed by atoms with van der Waals surface area (Å²) in [6.45, 7) is 6.13. The molecule has 0 spiro atoms. The summed E-state index contributed by atoms with van der Waals surface area (Å²) < 4.78 is 5.22. The van der Waals surface area contributed by atoms with Crippen LogP contribution in [0.3, 0.4) is 0 Å². The number of carbonyl (C=O) groups is 1. The highest BCUT2D eigenvalue weighted by molar-refractivity contribution is 6.00. The second-order valence-corrected chi connectivity index (χ2v) is 7.31. The molecule has 1 aromatic rings. The Bertz CT molecular complexity index is 792. The molecule has 124 valence electrons. The Kier molecular flexibility index (Phi) is 3.96. The number of methoxy groups -OCH3 is 1. The Labute approximate surface area is 142 Å². The van der Waals surface area contributed by atoms with E-state index in [1.807, 2.05) is 31.2 Å². The van der Waals surface area contributed by atoms with Gasteiger partial charge >= 0.3 is 0 Å². The molecule has 0 fully saturated rings. The molecule has 24 heavy (non-hydrogen) atoms. The molecule has 0 radical (unpaired) electrons. The third-order valence-corrected chi connectivity index (χ3v) is 4.81. The predicted molar refractivity (Wildman–Crippen MR) is 92.2 cm³/mol. The first-order valence-electron chi connectivity index (χ1n) is 8.14. The van der Waals surface area contributed by atoms with Gasteiger partial charge in [0.05, 0.1) is 24.7 Å². The van der Waals surface area contributed by atoms with E-state index in [0.717, 1.165) is 34.7 Å². The van der Waals surface area contributed by atoms with Crippen LogP contribution in [0.5, 0.6) is 5.75 Å². The van der Waals surface area contributed by atoms with E-state index in [1.165, 1.54) is 0 Å². The molecule has 4 nitrogen and oxygen atoms in total. The van der Waals surface area contributed by atoms with Crippen LogP contribution in [0.2, 0.25) is 0 Å². The number of carbonyl (C=O) groups excluding carboxylic acids is 1. The number of allylic oxidation sites excluding steroid dienone is 4. The van der Waals surface area contributed by atoms with Crippen LogP contribution in [0.4, 0.5) is 0 Å². The molecule has 0 saturated carbocycles. The van der Waals surface area contributed by atoms with E-state index < -0.39 is 0 Å². The molecule has 4 heteroatoms. The van der Waals surface area contributed by atoms with Crippen LogP contribution >= 0.6 is 0 Å². The van der Waals surface area contributed by atoms with E-state index >= 15 is 0 Å². The van der Waals surface area contributed by atoms with Crippen LogP contribution in [0.1, 0.15) is 45.1 Å². The monoisotopic (exact) mass is 322 g/mol. The molecule has 1 aliphatic heterocycles. The first-order chi connectivity index (χ1) is 11.4. The summed E-state index contributed by atoms with van der Waals surface area (Å²) in [4.78, 5) is 12.9. The maximum atomic E-state index is 12.9. The molecule has 1 atom stereocenters. The zero-order chi connectivity index (χ0) is 17.5. The maximum absolute atomic E-state index is 12.9. The lowest BCUT2D eigenvalue weighted by molar-refractivity contribution is -0.118. The molecule has 3 rings (SSSR count). The minimum Gasteiger partial charge on any atom is -0.497 e. The van der Waals surface area contributed by atoms with Gasteiger partial charge in [0.1, 0.15) is 5.75 Å². The normalized spacial score (nSPS) is 22.6. The number of ketones is 1. The van der Waals surface area contributed by atoms with Crippen molar-refractivity contribution in [1.82, 2.24) is 5.32 Å². The Morgan fingerprint density at radius 1 is 1.25 bits per heavy atom. The topological polar surface area (TPSA) is 62.1 Å². The van der Waals surface area contributed by atoms with E-state index in [2.05, 4.69) is 25.2 Å². The highest BCUT2D eigenvalue weighted by Gasteiger charge is 2.40. The van der Waals surface area contributed by atoms with E-state index in [1.54, 1.807) is 7.11 Å². The number of Topliss-reactive ketones (excluding diaryl/α,β-unsaturated/α-hetero) is 1. The summed E-state index contributed by atoms with van der Waals surface area (Å²) in [6, 6.07) is 9.94. The predicted octanol–water partition coefficient (Wildman–Crippen LogP) is 3.82. The van der Waals surface area contributed by atoms with Crippen molar-refractivity contribution in [3.05, 3.63) is 52.4 Å². The lowest BCUT2D eigenvalue weighted by Gasteiger charge is -2.38. The molecule has 1 aliphatic carbocycles. The van der Waals surface area contributed by atoms with E-state index in [9.17, 15) is 10.1 Å². The fourth-order valence-electron chi connectivity index (χ4n) is 3.71. The number of nitrogens with zero attached hydrogens (tertiary/aromatic N) is 1.